The number of aliphatic hydroxyl groups excluding tert-OH is 2. The Labute approximate surface area is 486 Å². The molecule has 30 heteroatoms. The van der Waals surface area contributed by atoms with Crippen LogP contribution in [0.1, 0.15) is 136 Å². The van der Waals surface area contributed by atoms with E-state index >= 15 is 0 Å². The molecule has 6 heterocycles. The quantitative estimate of drug-likeness (QED) is 0.0348. The molecular weight excluding hydrogens is 1100 g/mol. The summed E-state index contributed by atoms with van der Waals surface area (Å²) < 4.78 is 0. The van der Waals surface area contributed by atoms with Crippen LogP contribution in [-0.4, -0.2) is 256 Å². The van der Waals surface area contributed by atoms with Crippen LogP contribution in [0.15, 0.2) is 0 Å². The summed E-state index contributed by atoms with van der Waals surface area (Å²) in [4.78, 5) is 184. The number of carboxylic acids is 3. The Morgan fingerprint density at radius 1 is 0.440 bits per heavy atom. The number of unbranched alkanes of at least 4 members (excludes halogenated alkanes) is 1. The van der Waals surface area contributed by atoms with E-state index in [1.165, 1.54) is 31.4 Å². The van der Waals surface area contributed by atoms with Gasteiger partial charge in [0.15, 0.2) is 6.04 Å². The number of likely N-dealkylation sites (tertiary alicyclic amines) is 6. The molecule has 0 aromatic carbocycles. The lowest BCUT2D eigenvalue weighted by Crippen LogP contribution is -2.61. The van der Waals surface area contributed by atoms with E-state index in [2.05, 4.69) is 21.3 Å². The second kappa shape index (κ2) is 30.2. The molecule has 6 aliphatic heterocycles. The minimum absolute atomic E-state index is 0.0312. The van der Waals surface area contributed by atoms with Crippen LogP contribution in [0.3, 0.4) is 0 Å². The number of rotatable bonds is 27. The fourth-order valence-electron chi connectivity index (χ4n) is 12.4. The van der Waals surface area contributed by atoms with Gasteiger partial charge in [0, 0.05) is 52.1 Å². The lowest BCUT2D eigenvalue weighted by Gasteiger charge is -2.36. The number of nitrogens with two attached hydrogens (primary N) is 2. The Morgan fingerprint density at radius 2 is 0.798 bits per heavy atom. The molecule has 6 aliphatic rings. The lowest BCUT2D eigenvalue weighted by atomic mass is 10.1. The lowest BCUT2D eigenvalue weighted by molar-refractivity contribution is -0.152. The van der Waals surface area contributed by atoms with Gasteiger partial charge in [0.2, 0.25) is 59.1 Å². The Kier molecular flexibility index (Phi) is 23.7. The third kappa shape index (κ3) is 16.0. The predicted octanol–water partition coefficient (Wildman–Crippen LogP) is -4.10. The van der Waals surface area contributed by atoms with Crippen LogP contribution in [0.4, 0.5) is 0 Å². The van der Waals surface area contributed by atoms with Gasteiger partial charge in [-0.15, -0.1) is 0 Å². The van der Waals surface area contributed by atoms with Crippen LogP contribution in [0, 0.1) is 0 Å². The fraction of sp³-hybridized carbons (Fsp3) is 0.759. The molecular formula is C54H84N12O18. The van der Waals surface area contributed by atoms with Crippen LogP contribution >= 0.6 is 0 Å². The highest BCUT2D eigenvalue weighted by Gasteiger charge is 2.49. The number of nitrogens with one attached hydrogen (secondary N) is 4. The van der Waals surface area contributed by atoms with Gasteiger partial charge in [-0.05, 0) is 123 Å². The number of aliphatic carboxylic acids is 3. The third-order valence-corrected chi connectivity index (χ3v) is 16.9. The van der Waals surface area contributed by atoms with Crippen molar-refractivity contribution in [1.29, 1.82) is 0 Å². The Bertz CT molecular complexity index is 2480. The van der Waals surface area contributed by atoms with Crippen molar-refractivity contribution in [2.75, 3.05) is 45.8 Å². The second-order valence-corrected chi connectivity index (χ2v) is 22.8. The van der Waals surface area contributed by atoms with Gasteiger partial charge >= 0.3 is 17.9 Å². The van der Waals surface area contributed by atoms with Crippen molar-refractivity contribution in [3.05, 3.63) is 0 Å². The number of nitrogens with zero attached hydrogens (tertiary/aromatic N) is 6. The molecule has 84 heavy (non-hydrogen) atoms. The van der Waals surface area contributed by atoms with Crippen LogP contribution in [0.2, 0.25) is 0 Å². The van der Waals surface area contributed by atoms with E-state index in [0.29, 0.717) is 70.9 Å². The van der Waals surface area contributed by atoms with Gasteiger partial charge in [-0.25, -0.2) is 4.79 Å². The molecule has 13 N–H and O–H groups in total. The molecule has 0 saturated carbocycles. The second-order valence-electron chi connectivity index (χ2n) is 22.8. The number of carboxylic acid groups (broad SMARTS) is 3. The van der Waals surface area contributed by atoms with E-state index in [9.17, 15) is 87.9 Å². The Hall–Kier alpha value is -7.05. The molecule has 0 radical (unpaired) electrons. The Balaban J connectivity index is 1.09. The number of aliphatic hydroxyl groups is 2. The van der Waals surface area contributed by atoms with Gasteiger partial charge in [0.05, 0.1) is 18.2 Å². The molecule has 0 aromatic heterocycles. The standard InChI is InChI=1S/C54H84N12O18/c1-29(67)42(59-47(76)36-14-7-25-63(36)50(79)37-15-8-26-64(37)48(77)31(56)11-3-4-22-55)53(82)66-28-10-17-39(66)52(81)65-27-9-16-38(65)51(80)62-24-6-13-35(62)46(75)58-33(19-21-41(71)72)49(78)61-23-5-12-34(61)45(74)57-32(18-20-40(69)70)44(73)60-43(30(2)68)54(83)84/h29-39,42-43,67-68H,3-28,55-56H2,1-2H3,(H,57,74)(H,58,75)(H,59,76)(H,60,73)(H,69,70)(H,71,72)(H,83,84). The number of carbonyl (C=O) groups is 13. The summed E-state index contributed by atoms with van der Waals surface area (Å²) in [6, 6.07) is -13.8. The van der Waals surface area contributed by atoms with Crippen LogP contribution in [-0.2, 0) is 62.3 Å². The molecule has 30 nitrogen and oxygen atoms in total. The van der Waals surface area contributed by atoms with Crippen LogP contribution < -0.4 is 32.7 Å². The minimum atomic E-state index is -1.81. The molecule has 13 atom stereocenters. The first-order chi connectivity index (χ1) is 39.9. The third-order valence-electron chi connectivity index (χ3n) is 16.9. The summed E-state index contributed by atoms with van der Waals surface area (Å²) in [6.45, 7) is 3.65. The molecule has 6 rings (SSSR count). The fourth-order valence-corrected chi connectivity index (χ4v) is 12.4. The molecule has 468 valence electrons. The summed E-state index contributed by atoms with van der Waals surface area (Å²) >= 11 is 0. The summed E-state index contributed by atoms with van der Waals surface area (Å²) in [5.74, 6) is -11.3. The van der Waals surface area contributed by atoms with Crippen molar-refractivity contribution in [2.24, 2.45) is 11.5 Å². The Morgan fingerprint density at radius 3 is 1.23 bits per heavy atom. The summed E-state index contributed by atoms with van der Waals surface area (Å²) in [6.07, 6.45) is 0.0837. The largest absolute Gasteiger partial charge is 0.481 e. The smallest absolute Gasteiger partial charge is 0.328 e. The maximum Gasteiger partial charge on any atom is 0.328 e. The van der Waals surface area contributed by atoms with Crippen LogP contribution in [0.25, 0.3) is 0 Å². The molecule has 6 fully saturated rings. The molecule has 13 unspecified atom stereocenters. The van der Waals surface area contributed by atoms with Gasteiger partial charge in [-0.1, -0.05) is 6.42 Å². The molecule has 0 aromatic rings. The van der Waals surface area contributed by atoms with Gasteiger partial charge in [-0.3, -0.25) is 57.5 Å². The average molecular weight is 1190 g/mol. The number of hydrogen-bond acceptors (Lipinski definition) is 17. The molecule has 10 amide bonds. The van der Waals surface area contributed by atoms with Crippen molar-refractivity contribution < 1.29 is 87.9 Å². The predicted molar refractivity (Wildman–Crippen MR) is 292 cm³/mol. The molecule has 0 bridgehead atoms. The highest BCUT2D eigenvalue weighted by molar-refractivity contribution is 6.00. The van der Waals surface area contributed by atoms with E-state index in [1.807, 2.05) is 0 Å². The first kappa shape index (κ1) is 66.1. The zero-order valence-electron chi connectivity index (χ0n) is 47.8. The van der Waals surface area contributed by atoms with Crippen molar-refractivity contribution in [3.8, 4) is 0 Å². The van der Waals surface area contributed by atoms with Gasteiger partial charge < -0.3 is 87.7 Å². The zero-order valence-corrected chi connectivity index (χ0v) is 47.8. The van der Waals surface area contributed by atoms with Gasteiger partial charge in [0.1, 0.15) is 54.4 Å². The molecule has 0 spiro atoms. The van der Waals surface area contributed by atoms with Crippen LogP contribution in [0.5, 0.6) is 0 Å². The number of carbonyl (C=O) groups excluding carboxylic acids is 10. The van der Waals surface area contributed by atoms with E-state index in [1.54, 1.807) is 0 Å². The van der Waals surface area contributed by atoms with E-state index < -0.39 is 175 Å². The maximum absolute atomic E-state index is 14.6. The minimum Gasteiger partial charge on any atom is -0.481 e. The first-order valence-corrected chi connectivity index (χ1v) is 29.4. The number of hydrogen-bond donors (Lipinski definition) is 11. The molecule has 0 aliphatic carbocycles. The van der Waals surface area contributed by atoms with Crippen molar-refractivity contribution in [2.45, 2.75) is 215 Å². The first-order valence-electron chi connectivity index (χ1n) is 29.4. The summed E-state index contributed by atoms with van der Waals surface area (Å²) in [7, 11) is 0. The van der Waals surface area contributed by atoms with Crippen molar-refractivity contribution in [1.82, 2.24) is 50.7 Å². The monoisotopic (exact) mass is 1190 g/mol. The van der Waals surface area contributed by atoms with Gasteiger partial charge in [0.25, 0.3) is 0 Å². The van der Waals surface area contributed by atoms with Crippen molar-refractivity contribution >= 4 is 77.0 Å². The topological polar surface area (TPSA) is 443 Å². The SMILES string of the molecule is CC(O)C(NC(=O)C(CCC(=O)O)NC(=O)C1CCCN1C(=O)C(CCC(=O)O)NC(=O)C1CCCN1C(=O)C1CCCN1C(=O)C1CCCN1C(=O)C(NC(=O)C1CCCN1C(=O)C1CCCN1C(=O)C(N)CCCCN)C(C)O)C(=O)O. The van der Waals surface area contributed by atoms with E-state index in [-0.39, 0.29) is 77.2 Å². The average Bonchev–Trinajstić information content (AvgIpc) is 3.93. The highest BCUT2D eigenvalue weighted by Crippen LogP contribution is 2.31. The highest BCUT2D eigenvalue weighted by atomic mass is 16.4. The maximum atomic E-state index is 14.6. The van der Waals surface area contributed by atoms with E-state index in [0.717, 1.165) is 11.8 Å². The van der Waals surface area contributed by atoms with Crippen molar-refractivity contribution in [3.63, 3.8) is 0 Å². The van der Waals surface area contributed by atoms with E-state index in [4.69, 9.17) is 11.5 Å². The summed E-state index contributed by atoms with van der Waals surface area (Å²) in [5.41, 5.74) is 11.8. The number of amides is 10. The normalized spacial score (nSPS) is 24.8. The zero-order chi connectivity index (χ0) is 61.7. The molecule has 6 saturated heterocycles. The summed E-state index contributed by atoms with van der Waals surface area (Å²) in [5, 5.41) is 59.1. The van der Waals surface area contributed by atoms with Gasteiger partial charge in [-0.2, -0.15) is 0 Å².